The minimum Gasteiger partial charge on any atom is -0.376 e. The molecular weight excluding hydrogens is 364 g/mol. The number of unbranched alkanes of at least 4 members (excludes halogenated alkanes) is 3. The number of hydrogen-bond acceptors (Lipinski definition) is 5. The second-order valence-corrected chi connectivity index (χ2v) is 8.25. The highest BCUT2D eigenvalue weighted by Gasteiger charge is 2.48. The number of ether oxygens (including phenoxy) is 2. The van der Waals surface area contributed by atoms with Gasteiger partial charge in [-0.25, -0.2) is 0 Å². The van der Waals surface area contributed by atoms with Crippen molar-refractivity contribution in [1.82, 2.24) is 20.6 Å². The third-order valence-electron chi connectivity index (χ3n) is 6.25. The summed E-state index contributed by atoms with van der Waals surface area (Å²) in [6.45, 7) is 1.51. The van der Waals surface area contributed by atoms with Crippen molar-refractivity contribution < 1.29 is 9.47 Å². The molecule has 6 heteroatoms. The summed E-state index contributed by atoms with van der Waals surface area (Å²) in [6.07, 6.45) is 14.7. The molecule has 0 radical (unpaired) electrons. The topological polar surface area (TPSA) is 72.9 Å². The summed E-state index contributed by atoms with van der Waals surface area (Å²) in [6, 6.07) is 10.4. The van der Waals surface area contributed by atoms with Gasteiger partial charge in [0.15, 0.2) is 5.82 Å². The number of fused-ring (bicyclic) bond motifs is 2. The molecule has 1 N–H and O–H groups in total. The van der Waals surface area contributed by atoms with E-state index in [1.54, 1.807) is 0 Å². The quantitative estimate of drug-likeness (QED) is 0.429. The molecule has 2 fully saturated rings. The first-order valence-electron chi connectivity index (χ1n) is 11.0. The fraction of sp³-hybridized carbons (Fsp3) is 0.609. The van der Waals surface area contributed by atoms with Crippen LogP contribution >= 0.6 is 0 Å². The Morgan fingerprint density at radius 3 is 2.72 bits per heavy atom. The zero-order valence-electron chi connectivity index (χ0n) is 17.1. The molecule has 2 aliphatic heterocycles. The van der Waals surface area contributed by atoms with Crippen molar-refractivity contribution in [1.29, 1.82) is 0 Å². The second-order valence-electron chi connectivity index (χ2n) is 8.25. The van der Waals surface area contributed by atoms with Crippen LogP contribution in [0.25, 0.3) is 0 Å². The smallest absolute Gasteiger partial charge is 0.174 e. The van der Waals surface area contributed by atoms with Gasteiger partial charge in [0, 0.05) is 12.3 Å². The molecule has 0 spiro atoms. The zero-order valence-corrected chi connectivity index (χ0v) is 17.1. The molecule has 2 aliphatic rings. The highest BCUT2D eigenvalue weighted by Crippen LogP contribution is 2.45. The summed E-state index contributed by atoms with van der Waals surface area (Å²) in [5, 5.41) is 14.1. The number of nitrogens with zero attached hydrogens (tertiary/aromatic N) is 3. The number of allylic oxidation sites excluding steroid dienone is 2. The van der Waals surface area contributed by atoms with E-state index in [1.165, 1.54) is 31.2 Å². The average Bonchev–Trinajstić information content (AvgIpc) is 3.49. The summed E-state index contributed by atoms with van der Waals surface area (Å²) < 4.78 is 12.3. The van der Waals surface area contributed by atoms with Crippen molar-refractivity contribution in [2.24, 2.45) is 11.8 Å². The Bertz CT molecular complexity index is 735. The average molecular weight is 397 g/mol. The van der Waals surface area contributed by atoms with E-state index in [2.05, 4.69) is 57.0 Å². The summed E-state index contributed by atoms with van der Waals surface area (Å²) >= 11 is 0. The molecule has 156 valence electrons. The van der Waals surface area contributed by atoms with Gasteiger partial charge in [0.05, 0.1) is 25.4 Å². The fourth-order valence-corrected chi connectivity index (χ4v) is 4.70. The lowest BCUT2D eigenvalue weighted by Crippen LogP contribution is -2.30. The van der Waals surface area contributed by atoms with Crippen molar-refractivity contribution in [2.45, 2.75) is 70.2 Å². The predicted molar refractivity (Wildman–Crippen MR) is 111 cm³/mol. The molecule has 2 bridgehead atoms. The standard InChI is InChI=1S/C23H32N4O2/c1(2-4-9-13-23-24-26-27-25-23)3-8-12-19-20(22-15-14-21(19)29-22)17-28-16-18-10-6-5-7-11-18/h3,5-8,10-11,19-22H,1-2,4,9,12-17H2,(H,24,25,26,27)/t19-,20+,21-,22+/m0/s1. The summed E-state index contributed by atoms with van der Waals surface area (Å²) in [4.78, 5) is 0. The molecule has 1 aromatic carbocycles. The third-order valence-corrected chi connectivity index (χ3v) is 6.25. The van der Waals surface area contributed by atoms with E-state index in [4.69, 9.17) is 9.47 Å². The maximum atomic E-state index is 6.21. The molecule has 2 saturated heterocycles. The van der Waals surface area contributed by atoms with E-state index in [-0.39, 0.29) is 0 Å². The van der Waals surface area contributed by atoms with E-state index in [9.17, 15) is 0 Å². The molecular formula is C23H32N4O2. The normalized spacial score (nSPS) is 25.9. The van der Waals surface area contributed by atoms with Gasteiger partial charge >= 0.3 is 0 Å². The number of benzene rings is 1. The molecule has 4 atom stereocenters. The monoisotopic (exact) mass is 396 g/mol. The van der Waals surface area contributed by atoms with Crippen LogP contribution in [-0.4, -0.2) is 39.4 Å². The molecule has 6 nitrogen and oxygen atoms in total. The Hall–Kier alpha value is -2.05. The van der Waals surface area contributed by atoms with Gasteiger partial charge in [-0.15, -0.1) is 10.2 Å². The van der Waals surface area contributed by atoms with Crippen LogP contribution in [0.4, 0.5) is 0 Å². The van der Waals surface area contributed by atoms with Crippen LogP contribution in [0, 0.1) is 11.8 Å². The van der Waals surface area contributed by atoms with E-state index < -0.39 is 0 Å². The second kappa shape index (κ2) is 10.6. The van der Waals surface area contributed by atoms with Crippen LogP contribution in [-0.2, 0) is 22.5 Å². The highest BCUT2D eigenvalue weighted by atomic mass is 16.5. The molecule has 0 saturated carbocycles. The first-order chi connectivity index (χ1) is 14.4. The molecule has 1 aromatic heterocycles. The Morgan fingerprint density at radius 1 is 1.03 bits per heavy atom. The number of H-pyrrole nitrogens is 1. The minimum atomic E-state index is 0.402. The van der Waals surface area contributed by atoms with Gasteiger partial charge in [-0.1, -0.05) is 54.1 Å². The maximum absolute atomic E-state index is 6.21. The number of tetrazole rings is 1. The van der Waals surface area contributed by atoms with Crippen molar-refractivity contribution in [3.05, 3.63) is 53.9 Å². The SMILES string of the molecule is C(=CC[C@H]1[C@@H](COCc2ccccc2)[C@H]2CC[C@@H]1O2)CCCCCc1nn[nH]n1. The third kappa shape index (κ3) is 5.73. The Morgan fingerprint density at radius 2 is 1.90 bits per heavy atom. The van der Waals surface area contributed by atoms with E-state index in [1.807, 2.05) is 6.07 Å². The lowest BCUT2D eigenvalue weighted by molar-refractivity contribution is 0.0419. The number of aromatic amines is 1. The van der Waals surface area contributed by atoms with Crippen LogP contribution in [0.3, 0.4) is 0 Å². The van der Waals surface area contributed by atoms with E-state index in [0.717, 1.165) is 38.1 Å². The van der Waals surface area contributed by atoms with Crippen molar-refractivity contribution in [3.8, 4) is 0 Å². The maximum Gasteiger partial charge on any atom is 0.174 e. The van der Waals surface area contributed by atoms with Gasteiger partial charge < -0.3 is 9.47 Å². The van der Waals surface area contributed by atoms with Gasteiger partial charge in [-0.3, -0.25) is 0 Å². The fourth-order valence-electron chi connectivity index (χ4n) is 4.70. The predicted octanol–water partition coefficient (Wildman–Crippen LogP) is 4.26. The van der Waals surface area contributed by atoms with Crippen LogP contribution in [0.15, 0.2) is 42.5 Å². The molecule has 3 heterocycles. The van der Waals surface area contributed by atoms with Crippen molar-refractivity contribution in [3.63, 3.8) is 0 Å². The Kier molecular flexibility index (Phi) is 7.43. The lowest BCUT2D eigenvalue weighted by Gasteiger charge is -2.27. The zero-order chi connectivity index (χ0) is 19.7. The first kappa shape index (κ1) is 20.2. The summed E-state index contributed by atoms with van der Waals surface area (Å²) in [5.74, 6) is 1.97. The number of aromatic nitrogens is 4. The van der Waals surface area contributed by atoms with Gasteiger partial charge in [0.1, 0.15) is 0 Å². The number of rotatable bonds is 12. The number of nitrogens with one attached hydrogen (secondary N) is 1. The summed E-state index contributed by atoms with van der Waals surface area (Å²) in [7, 11) is 0. The number of hydrogen-bond donors (Lipinski definition) is 1. The first-order valence-corrected chi connectivity index (χ1v) is 11.0. The highest BCUT2D eigenvalue weighted by molar-refractivity contribution is 5.13. The largest absolute Gasteiger partial charge is 0.376 e. The minimum absolute atomic E-state index is 0.402. The van der Waals surface area contributed by atoms with Crippen LogP contribution in [0.5, 0.6) is 0 Å². The molecule has 0 unspecified atom stereocenters. The number of aryl methyl sites for hydroxylation is 1. The molecule has 29 heavy (non-hydrogen) atoms. The van der Waals surface area contributed by atoms with Crippen molar-refractivity contribution in [2.75, 3.05) is 6.61 Å². The van der Waals surface area contributed by atoms with Crippen LogP contribution in [0.1, 0.15) is 56.3 Å². The van der Waals surface area contributed by atoms with Gasteiger partial charge in [-0.05, 0) is 50.0 Å². The van der Waals surface area contributed by atoms with E-state index >= 15 is 0 Å². The van der Waals surface area contributed by atoms with Crippen molar-refractivity contribution >= 4 is 0 Å². The van der Waals surface area contributed by atoms with Gasteiger partial charge in [0.2, 0.25) is 0 Å². The molecule has 2 aromatic rings. The van der Waals surface area contributed by atoms with Crippen LogP contribution < -0.4 is 0 Å². The molecule has 0 aliphatic carbocycles. The summed E-state index contributed by atoms with van der Waals surface area (Å²) in [5.41, 5.74) is 1.24. The molecule has 4 rings (SSSR count). The lowest BCUT2D eigenvalue weighted by atomic mass is 9.78. The van der Waals surface area contributed by atoms with Gasteiger partial charge in [0.25, 0.3) is 0 Å². The van der Waals surface area contributed by atoms with E-state index in [0.29, 0.717) is 30.7 Å². The van der Waals surface area contributed by atoms with Gasteiger partial charge in [-0.2, -0.15) is 5.21 Å². The Labute approximate surface area is 173 Å². The Balaban J connectivity index is 1.13. The molecule has 0 amide bonds. The van der Waals surface area contributed by atoms with Crippen LogP contribution in [0.2, 0.25) is 0 Å².